The average Bonchev–Trinajstić information content (AvgIpc) is 2.81. The summed E-state index contributed by atoms with van der Waals surface area (Å²) in [5, 5.41) is 2.68. The van der Waals surface area contributed by atoms with Gasteiger partial charge in [0.15, 0.2) is 0 Å². The van der Waals surface area contributed by atoms with E-state index in [1.165, 1.54) is 14.2 Å². The molecule has 8 nitrogen and oxygen atoms in total. The van der Waals surface area contributed by atoms with Gasteiger partial charge in [0.25, 0.3) is 5.91 Å². The molecule has 1 saturated heterocycles. The molecule has 0 spiro atoms. The monoisotopic (exact) mass is 413 g/mol. The summed E-state index contributed by atoms with van der Waals surface area (Å²) in [4.78, 5) is 29.0. The van der Waals surface area contributed by atoms with Gasteiger partial charge in [0.1, 0.15) is 17.2 Å². The van der Waals surface area contributed by atoms with Crippen molar-refractivity contribution in [3.05, 3.63) is 48.0 Å². The molecule has 0 saturated carbocycles. The first kappa shape index (κ1) is 21.3. The van der Waals surface area contributed by atoms with E-state index < -0.39 is 0 Å². The first-order valence-corrected chi connectivity index (χ1v) is 9.72. The normalized spacial score (nSPS) is 13.6. The molecule has 30 heavy (non-hydrogen) atoms. The van der Waals surface area contributed by atoms with Crippen molar-refractivity contribution in [3.8, 4) is 17.2 Å². The Morgan fingerprint density at radius 2 is 1.53 bits per heavy atom. The minimum atomic E-state index is -0.354. The van der Waals surface area contributed by atoms with Crippen LogP contribution >= 0.6 is 0 Å². The van der Waals surface area contributed by atoms with E-state index in [-0.39, 0.29) is 18.4 Å². The fourth-order valence-corrected chi connectivity index (χ4v) is 3.40. The Balaban J connectivity index is 1.53. The van der Waals surface area contributed by atoms with Crippen LogP contribution in [0.3, 0.4) is 0 Å². The van der Waals surface area contributed by atoms with Crippen molar-refractivity contribution in [3.63, 3.8) is 0 Å². The standard InChI is InChI=1S/C22H27N3O5/c1-28-17-12-16(13-18(14-17)29-2)22(27)23-15-21(26)25-10-8-24(9-11-25)19-6-4-5-7-20(19)30-3/h4-7,12-14H,8-11,15H2,1-3H3,(H,23,27). The first-order valence-electron chi connectivity index (χ1n) is 9.72. The summed E-state index contributed by atoms with van der Waals surface area (Å²) in [5.41, 5.74) is 1.40. The maximum Gasteiger partial charge on any atom is 0.251 e. The lowest BCUT2D eigenvalue weighted by Gasteiger charge is -2.36. The molecule has 0 atom stereocenters. The fourth-order valence-electron chi connectivity index (χ4n) is 3.40. The number of anilines is 1. The fraction of sp³-hybridized carbons (Fsp3) is 0.364. The van der Waals surface area contributed by atoms with E-state index in [0.29, 0.717) is 43.2 Å². The zero-order valence-corrected chi connectivity index (χ0v) is 17.5. The largest absolute Gasteiger partial charge is 0.497 e. The molecule has 1 fully saturated rings. The smallest absolute Gasteiger partial charge is 0.251 e. The number of piperazine rings is 1. The van der Waals surface area contributed by atoms with Crippen LogP contribution in [0.4, 0.5) is 5.69 Å². The van der Waals surface area contributed by atoms with Crippen LogP contribution in [0.1, 0.15) is 10.4 Å². The molecule has 8 heteroatoms. The van der Waals surface area contributed by atoms with Gasteiger partial charge in [-0.2, -0.15) is 0 Å². The van der Waals surface area contributed by atoms with Crippen molar-refractivity contribution in [2.75, 3.05) is 59.0 Å². The summed E-state index contributed by atoms with van der Waals surface area (Å²) in [7, 11) is 4.69. The number of benzene rings is 2. The average molecular weight is 413 g/mol. The second kappa shape index (κ2) is 9.87. The van der Waals surface area contributed by atoms with Crippen LogP contribution in [0, 0.1) is 0 Å². The molecule has 0 aromatic heterocycles. The Labute approximate surface area is 176 Å². The Hall–Kier alpha value is -3.42. The number of carbonyl (C=O) groups is 2. The molecule has 2 aromatic carbocycles. The van der Waals surface area contributed by atoms with Crippen LogP contribution < -0.4 is 24.4 Å². The zero-order valence-electron chi connectivity index (χ0n) is 17.5. The number of rotatable bonds is 7. The molecule has 1 aliphatic rings. The number of hydrogen-bond acceptors (Lipinski definition) is 6. The quantitative estimate of drug-likeness (QED) is 0.746. The van der Waals surface area contributed by atoms with Crippen molar-refractivity contribution < 1.29 is 23.8 Å². The highest BCUT2D eigenvalue weighted by Gasteiger charge is 2.23. The Morgan fingerprint density at radius 3 is 2.13 bits per heavy atom. The van der Waals surface area contributed by atoms with Gasteiger partial charge in [0.05, 0.1) is 33.6 Å². The van der Waals surface area contributed by atoms with Gasteiger partial charge in [-0.05, 0) is 24.3 Å². The van der Waals surface area contributed by atoms with Crippen LogP contribution in [0.5, 0.6) is 17.2 Å². The minimum absolute atomic E-state index is 0.0625. The number of methoxy groups -OCH3 is 3. The number of nitrogens with zero attached hydrogens (tertiary/aromatic N) is 2. The number of hydrogen-bond donors (Lipinski definition) is 1. The van der Waals surface area contributed by atoms with E-state index in [1.54, 1.807) is 30.2 Å². The lowest BCUT2D eigenvalue weighted by atomic mass is 10.2. The summed E-state index contributed by atoms with van der Waals surface area (Å²) in [6.45, 7) is 2.51. The van der Waals surface area contributed by atoms with E-state index in [9.17, 15) is 9.59 Å². The highest BCUT2D eigenvalue weighted by atomic mass is 16.5. The summed E-state index contributed by atoms with van der Waals surface area (Å²) in [6.07, 6.45) is 0. The third-order valence-corrected chi connectivity index (χ3v) is 5.07. The summed E-state index contributed by atoms with van der Waals surface area (Å²) >= 11 is 0. The first-order chi connectivity index (χ1) is 14.5. The molecule has 160 valence electrons. The molecule has 1 N–H and O–H groups in total. The Bertz CT molecular complexity index is 872. The lowest BCUT2D eigenvalue weighted by Crippen LogP contribution is -2.51. The Morgan fingerprint density at radius 1 is 0.900 bits per heavy atom. The number of para-hydroxylation sites is 2. The second-order valence-electron chi connectivity index (χ2n) is 6.82. The molecule has 0 aliphatic carbocycles. The van der Waals surface area contributed by atoms with Gasteiger partial charge in [-0.15, -0.1) is 0 Å². The molecule has 1 aliphatic heterocycles. The molecule has 2 amide bonds. The van der Waals surface area contributed by atoms with Gasteiger partial charge in [-0.25, -0.2) is 0 Å². The summed E-state index contributed by atoms with van der Waals surface area (Å²) in [5.74, 6) is 1.38. The van der Waals surface area contributed by atoms with Crippen molar-refractivity contribution in [1.29, 1.82) is 0 Å². The zero-order chi connectivity index (χ0) is 21.5. The van der Waals surface area contributed by atoms with E-state index >= 15 is 0 Å². The predicted octanol–water partition coefficient (Wildman–Crippen LogP) is 1.79. The van der Waals surface area contributed by atoms with Gasteiger partial charge in [0, 0.05) is 37.8 Å². The van der Waals surface area contributed by atoms with Crippen LogP contribution in [0.2, 0.25) is 0 Å². The number of amides is 2. The van der Waals surface area contributed by atoms with Gasteiger partial charge in [0.2, 0.25) is 5.91 Å². The van der Waals surface area contributed by atoms with E-state index in [0.717, 1.165) is 11.4 Å². The molecule has 0 radical (unpaired) electrons. The topological polar surface area (TPSA) is 80.3 Å². The number of nitrogens with one attached hydrogen (secondary N) is 1. The van der Waals surface area contributed by atoms with Crippen LogP contribution in [-0.2, 0) is 4.79 Å². The molecular weight excluding hydrogens is 386 g/mol. The van der Waals surface area contributed by atoms with Crippen molar-refractivity contribution in [2.45, 2.75) is 0 Å². The molecule has 0 unspecified atom stereocenters. The summed E-state index contributed by atoms with van der Waals surface area (Å²) < 4.78 is 15.8. The lowest BCUT2D eigenvalue weighted by molar-refractivity contribution is -0.130. The predicted molar refractivity (Wildman–Crippen MR) is 114 cm³/mol. The van der Waals surface area contributed by atoms with Gasteiger partial charge in [-0.3, -0.25) is 9.59 Å². The third kappa shape index (κ3) is 4.94. The highest BCUT2D eigenvalue weighted by molar-refractivity contribution is 5.97. The van der Waals surface area contributed by atoms with E-state index in [2.05, 4.69) is 10.2 Å². The van der Waals surface area contributed by atoms with Gasteiger partial charge < -0.3 is 29.3 Å². The molecule has 1 heterocycles. The molecular formula is C22H27N3O5. The molecule has 3 rings (SSSR count). The Kier molecular flexibility index (Phi) is 7.00. The summed E-state index contributed by atoms with van der Waals surface area (Å²) in [6, 6.07) is 12.7. The maximum absolute atomic E-state index is 12.6. The second-order valence-corrected chi connectivity index (χ2v) is 6.82. The van der Waals surface area contributed by atoms with Crippen LogP contribution in [-0.4, -0.2) is 70.8 Å². The number of carbonyl (C=O) groups excluding carboxylic acids is 2. The number of ether oxygens (including phenoxy) is 3. The van der Waals surface area contributed by atoms with E-state index in [1.807, 2.05) is 24.3 Å². The molecule has 0 bridgehead atoms. The SMILES string of the molecule is COc1cc(OC)cc(C(=O)NCC(=O)N2CCN(c3ccccc3OC)CC2)c1. The van der Waals surface area contributed by atoms with Crippen LogP contribution in [0.25, 0.3) is 0 Å². The highest BCUT2D eigenvalue weighted by Crippen LogP contribution is 2.28. The molecule has 2 aromatic rings. The van der Waals surface area contributed by atoms with Crippen LogP contribution in [0.15, 0.2) is 42.5 Å². The van der Waals surface area contributed by atoms with Gasteiger partial charge >= 0.3 is 0 Å². The third-order valence-electron chi connectivity index (χ3n) is 5.07. The van der Waals surface area contributed by atoms with E-state index in [4.69, 9.17) is 14.2 Å². The van der Waals surface area contributed by atoms with Gasteiger partial charge in [-0.1, -0.05) is 12.1 Å². The van der Waals surface area contributed by atoms with Crippen molar-refractivity contribution >= 4 is 17.5 Å². The van der Waals surface area contributed by atoms with Crippen molar-refractivity contribution in [1.82, 2.24) is 10.2 Å². The van der Waals surface area contributed by atoms with Crippen molar-refractivity contribution in [2.24, 2.45) is 0 Å². The minimum Gasteiger partial charge on any atom is -0.497 e. The maximum atomic E-state index is 12.6.